The summed E-state index contributed by atoms with van der Waals surface area (Å²) >= 11 is 1.37. The van der Waals surface area contributed by atoms with E-state index >= 15 is 0 Å². The van der Waals surface area contributed by atoms with E-state index < -0.39 is 11.9 Å². The van der Waals surface area contributed by atoms with Crippen LogP contribution in [0.3, 0.4) is 0 Å². The van der Waals surface area contributed by atoms with Crippen molar-refractivity contribution in [3.63, 3.8) is 0 Å². The third-order valence-electron chi connectivity index (χ3n) is 4.03. The topological polar surface area (TPSA) is 70.5 Å². The van der Waals surface area contributed by atoms with Crippen LogP contribution in [0.15, 0.2) is 6.20 Å². The van der Waals surface area contributed by atoms with Gasteiger partial charge in [-0.05, 0) is 31.6 Å². The van der Waals surface area contributed by atoms with Crippen LogP contribution in [0.2, 0.25) is 0 Å². The van der Waals surface area contributed by atoms with Gasteiger partial charge in [-0.1, -0.05) is 0 Å². The summed E-state index contributed by atoms with van der Waals surface area (Å²) in [6.45, 7) is 2.78. The average Bonchev–Trinajstić information content (AvgIpc) is 2.96. The molecule has 0 unspecified atom stereocenters. The monoisotopic (exact) mass is 280 g/mol. The summed E-state index contributed by atoms with van der Waals surface area (Å²) in [5.74, 6) is -0.601. The second-order valence-electron chi connectivity index (χ2n) is 5.40. The van der Waals surface area contributed by atoms with Crippen LogP contribution in [0, 0.1) is 24.7 Å². The number of amides is 1. The summed E-state index contributed by atoms with van der Waals surface area (Å²) in [6, 6.07) is 0. The van der Waals surface area contributed by atoms with E-state index in [9.17, 15) is 14.7 Å². The number of thiazole rings is 1. The molecule has 0 bridgehead atoms. The first-order valence-electron chi connectivity index (χ1n) is 6.50. The molecule has 1 aliphatic carbocycles. The highest BCUT2D eigenvalue weighted by atomic mass is 32.1. The molecule has 1 saturated carbocycles. The molecule has 2 atom stereocenters. The second-order valence-corrected chi connectivity index (χ2v) is 6.63. The molecule has 2 heterocycles. The van der Waals surface area contributed by atoms with Crippen molar-refractivity contribution in [3.05, 3.63) is 16.1 Å². The fourth-order valence-corrected chi connectivity index (χ4v) is 3.62. The standard InChI is InChI=1S/C13H16N2O3S/c1-7-14-4-11(19-7)12(16)15-5-9(8-2-3-8)10(6-15)13(17)18/h4,8-10H,2-3,5-6H2,1H3,(H,17,18)/t9-,10+/m1/s1. The van der Waals surface area contributed by atoms with Crippen LogP contribution in [0.5, 0.6) is 0 Å². The maximum absolute atomic E-state index is 12.3. The number of carbonyl (C=O) groups is 2. The number of aryl methyl sites for hydroxylation is 1. The zero-order chi connectivity index (χ0) is 13.6. The Labute approximate surface area is 115 Å². The molecule has 1 saturated heterocycles. The SMILES string of the molecule is Cc1ncc(C(=O)N2C[C@H](C(=O)O)[C@@H](C3CC3)C2)s1. The lowest BCUT2D eigenvalue weighted by Gasteiger charge is -2.14. The van der Waals surface area contributed by atoms with Crippen LogP contribution in [-0.4, -0.2) is 40.0 Å². The number of rotatable bonds is 3. The van der Waals surface area contributed by atoms with Crippen LogP contribution in [0.4, 0.5) is 0 Å². The molecular weight excluding hydrogens is 264 g/mol. The number of nitrogens with zero attached hydrogens (tertiary/aromatic N) is 2. The molecule has 1 N–H and O–H groups in total. The van der Waals surface area contributed by atoms with Crippen molar-refractivity contribution in [2.24, 2.45) is 17.8 Å². The summed E-state index contributed by atoms with van der Waals surface area (Å²) in [5.41, 5.74) is 0. The first-order chi connectivity index (χ1) is 9.06. The maximum Gasteiger partial charge on any atom is 0.308 e. The van der Waals surface area contributed by atoms with E-state index in [-0.39, 0.29) is 11.8 Å². The fraction of sp³-hybridized carbons (Fsp3) is 0.615. The van der Waals surface area contributed by atoms with Gasteiger partial charge >= 0.3 is 5.97 Å². The van der Waals surface area contributed by atoms with E-state index in [2.05, 4.69) is 4.98 Å². The summed E-state index contributed by atoms with van der Waals surface area (Å²) in [6.07, 6.45) is 3.80. The molecule has 2 fully saturated rings. The quantitative estimate of drug-likeness (QED) is 0.913. The van der Waals surface area contributed by atoms with E-state index in [4.69, 9.17) is 0 Å². The first kappa shape index (κ1) is 12.6. The Balaban J connectivity index is 1.75. The highest BCUT2D eigenvalue weighted by Gasteiger charge is 2.47. The number of hydrogen-bond acceptors (Lipinski definition) is 4. The van der Waals surface area contributed by atoms with Crippen molar-refractivity contribution in [2.75, 3.05) is 13.1 Å². The molecule has 2 aliphatic rings. The predicted octanol–water partition coefficient (Wildman–Crippen LogP) is 1.63. The lowest BCUT2D eigenvalue weighted by atomic mass is 9.92. The Morgan fingerprint density at radius 1 is 1.42 bits per heavy atom. The lowest BCUT2D eigenvalue weighted by Crippen LogP contribution is -2.29. The van der Waals surface area contributed by atoms with Gasteiger partial charge in [0.15, 0.2) is 0 Å². The number of hydrogen-bond donors (Lipinski definition) is 1. The Bertz CT molecular complexity index is 524. The molecule has 19 heavy (non-hydrogen) atoms. The zero-order valence-corrected chi connectivity index (χ0v) is 11.5. The van der Waals surface area contributed by atoms with Crippen molar-refractivity contribution in [1.29, 1.82) is 0 Å². The largest absolute Gasteiger partial charge is 0.481 e. The van der Waals surface area contributed by atoms with Crippen molar-refractivity contribution >= 4 is 23.2 Å². The molecule has 0 spiro atoms. The Morgan fingerprint density at radius 3 is 2.68 bits per heavy atom. The molecule has 5 nitrogen and oxygen atoms in total. The number of aromatic nitrogens is 1. The number of carboxylic acid groups (broad SMARTS) is 1. The number of aliphatic carboxylic acids is 1. The van der Waals surface area contributed by atoms with Gasteiger partial charge in [0.2, 0.25) is 0 Å². The highest BCUT2D eigenvalue weighted by molar-refractivity contribution is 7.13. The summed E-state index contributed by atoms with van der Waals surface area (Å²) in [5, 5.41) is 10.1. The Kier molecular flexibility index (Phi) is 3.05. The van der Waals surface area contributed by atoms with Crippen LogP contribution >= 0.6 is 11.3 Å². The van der Waals surface area contributed by atoms with Gasteiger partial charge in [0, 0.05) is 13.1 Å². The molecule has 1 amide bonds. The molecular formula is C13H16N2O3S. The van der Waals surface area contributed by atoms with E-state index in [1.807, 2.05) is 6.92 Å². The van der Waals surface area contributed by atoms with Gasteiger partial charge in [-0.25, -0.2) is 4.98 Å². The molecule has 0 aromatic carbocycles. The third kappa shape index (κ3) is 2.36. The van der Waals surface area contributed by atoms with E-state index in [0.717, 1.165) is 17.8 Å². The zero-order valence-electron chi connectivity index (χ0n) is 10.7. The van der Waals surface area contributed by atoms with Gasteiger partial charge in [0.1, 0.15) is 4.88 Å². The molecule has 6 heteroatoms. The molecule has 0 radical (unpaired) electrons. The number of carbonyl (C=O) groups excluding carboxylic acids is 1. The van der Waals surface area contributed by atoms with Crippen molar-refractivity contribution in [2.45, 2.75) is 19.8 Å². The maximum atomic E-state index is 12.3. The van der Waals surface area contributed by atoms with Gasteiger partial charge in [-0.3, -0.25) is 9.59 Å². The lowest BCUT2D eigenvalue weighted by molar-refractivity contribution is -0.142. The van der Waals surface area contributed by atoms with Crippen LogP contribution in [0.25, 0.3) is 0 Å². The fourth-order valence-electron chi connectivity index (χ4n) is 2.87. The highest BCUT2D eigenvalue weighted by Crippen LogP contribution is 2.44. The molecule has 1 aromatic heterocycles. The summed E-state index contributed by atoms with van der Waals surface area (Å²) < 4.78 is 0. The minimum absolute atomic E-state index is 0.0694. The molecule has 1 aromatic rings. The normalized spacial score (nSPS) is 26.7. The first-order valence-corrected chi connectivity index (χ1v) is 7.32. The van der Waals surface area contributed by atoms with Gasteiger partial charge in [-0.15, -0.1) is 11.3 Å². The van der Waals surface area contributed by atoms with E-state index in [1.165, 1.54) is 11.3 Å². The van der Waals surface area contributed by atoms with Gasteiger partial charge in [-0.2, -0.15) is 0 Å². The predicted molar refractivity (Wildman–Crippen MR) is 70.1 cm³/mol. The minimum Gasteiger partial charge on any atom is -0.481 e. The van der Waals surface area contributed by atoms with Gasteiger partial charge in [0.05, 0.1) is 17.1 Å². The summed E-state index contributed by atoms with van der Waals surface area (Å²) in [4.78, 5) is 30.0. The van der Waals surface area contributed by atoms with Crippen molar-refractivity contribution < 1.29 is 14.7 Å². The minimum atomic E-state index is -0.771. The van der Waals surface area contributed by atoms with Gasteiger partial charge < -0.3 is 10.0 Å². The average molecular weight is 280 g/mol. The summed E-state index contributed by atoms with van der Waals surface area (Å²) in [7, 11) is 0. The van der Waals surface area contributed by atoms with E-state index in [0.29, 0.717) is 23.9 Å². The molecule has 3 rings (SSSR count). The number of carboxylic acids is 1. The Hall–Kier alpha value is -1.43. The molecule has 102 valence electrons. The Morgan fingerprint density at radius 2 is 2.16 bits per heavy atom. The van der Waals surface area contributed by atoms with Gasteiger partial charge in [0.25, 0.3) is 5.91 Å². The third-order valence-corrected chi connectivity index (χ3v) is 4.93. The molecule has 1 aliphatic heterocycles. The van der Waals surface area contributed by atoms with Crippen molar-refractivity contribution in [1.82, 2.24) is 9.88 Å². The van der Waals surface area contributed by atoms with E-state index in [1.54, 1.807) is 11.1 Å². The smallest absolute Gasteiger partial charge is 0.308 e. The van der Waals surface area contributed by atoms with Crippen LogP contribution < -0.4 is 0 Å². The number of likely N-dealkylation sites (tertiary alicyclic amines) is 1. The van der Waals surface area contributed by atoms with Crippen LogP contribution in [0.1, 0.15) is 27.5 Å². The van der Waals surface area contributed by atoms with Crippen LogP contribution in [-0.2, 0) is 4.79 Å². The van der Waals surface area contributed by atoms with Crippen molar-refractivity contribution in [3.8, 4) is 0 Å². The second kappa shape index (κ2) is 4.59.